The standard InChI is InChI=1S/C14H13NO/c1-2-11(10-16)9-13-6-3-5-12-7-4-8-15-14(12)13/h3-10H,2H2,1H3. The van der Waals surface area contributed by atoms with Gasteiger partial charge >= 0.3 is 0 Å². The molecule has 0 saturated heterocycles. The number of rotatable bonds is 3. The van der Waals surface area contributed by atoms with Crippen LogP contribution in [0.2, 0.25) is 0 Å². The third-order valence-electron chi connectivity index (χ3n) is 2.56. The molecule has 0 amide bonds. The number of fused-ring (bicyclic) bond motifs is 1. The van der Waals surface area contributed by atoms with E-state index < -0.39 is 0 Å². The van der Waals surface area contributed by atoms with Crippen molar-refractivity contribution in [1.82, 2.24) is 4.98 Å². The first-order valence-corrected chi connectivity index (χ1v) is 5.34. The maximum atomic E-state index is 10.8. The second kappa shape index (κ2) is 4.71. The summed E-state index contributed by atoms with van der Waals surface area (Å²) in [5.74, 6) is 0. The van der Waals surface area contributed by atoms with Gasteiger partial charge in [0.2, 0.25) is 0 Å². The van der Waals surface area contributed by atoms with Crippen LogP contribution in [0.4, 0.5) is 0 Å². The van der Waals surface area contributed by atoms with Gasteiger partial charge in [-0.1, -0.05) is 31.2 Å². The molecule has 80 valence electrons. The highest BCUT2D eigenvalue weighted by Crippen LogP contribution is 2.18. The van der Waals surface area contributed by atoms with Gasteiger partial charge < -0.3 is 0 Å². The number of benzene rings is 1. The summed E-state index contributed by atoms with van der Waals surface area (Å²) in [6.07, 6.45) is 5.32. The first kappa shape index (κ1) is 10.6. The van der Waals surface area contributed by atoms with Gasteiger partial charge in [0, 0.05) is 17.1 Å². The number of hydrogen-bond acceptors (Lipinski definition) is 2. The number of hydrogen-bond donors (Lipinski definition) is 0. The Balaban J connectivity index is 2.60. The molecule has 0 N–H and O–H groups in total. The van der Waals surface area contributed by atoms with E-state index in [1.807, 2.05) is 43.3 Å². The molecule has 1 aromatic heterocycles. The molecule has 0 fully saturated rings. The van der Waals surface area contributed by atoms with E-state index in [4.69, 9.17) is 0 Å². The Kier molecular flexibility index (Phi) is 3.10. The molecule has 2 nitrogen and oxygen atoms in total. The molecule has 0 unspecified atom stereocenters. The fraction of sp³-hybridized carbons (Fsp3) is 0.143. The average Bonchev–Trinajstić information content (AvgIpc) is 2.36. The van der Waals surface area contributed by atoms with Gasteiger partial charge in [0.25, 0.3) is 0 Å². The van der Waals surface area contributed by atoms with Crippen LogP contribution in [0.15, 0.2) is 42.1 Å². The van der Waals surface area contributed by atoms with Crippen LogP contribution in [0.1, 0.15) is 18.9 Å². The zero-order valence-corrected chi connectivity index (χ0v) is 9.18. The second-order valence-corrected chi connectivity index (χ2v) is 3.61. The Labute approximate surface area is 94.6 Å². The number of pyridine rings is 1. The summed E-state index contributed by atoms with van der Waals surface area (Å²) in [6.45, 7) is 1.97. The Hall–Kier alpha value is -1.96. The molecule has 0 aliphatic carbocycles. The number of para-hydroxylation sites is 1. The van der Waals surface area contributed by atoms with Gasteiger partial charge in [-0.05, 0) is 24.1 Å². The summed E-state index contributed by atoms with van der Waals surface area (Å²) in [7, 11) is 0. The molecule has 0 spiro atoms. The van der Waals surface area contributed by atoms with Gasteiger partial charge in [0.15, 0.2) is 0 Å². The van der Waals surface area contributed by atoms with Crippen LogP contribution in [0.25, 0.3) is 17.0 Å². The SMILES string of the molecule is CCC(C=O)=Cc1cccc2cccnc12. The highest BCUT2D eigenvalue weighted by Gasteiger charge is 2.00. The number of carbonyl (C=O) groups excluding carboxylic acids is 1. The topological polar surface area (TPSA) is 30.0 Å². The zero-order valence-electron chi connectivity index (χ0n) is 9.18. The fourth-order valence-corrected chi connectivity index (χ4v) is 1.66. The van der Waals surface area contributed by atoms with E-state index in [1.54, 1.807) is 6.20 Å². The largest absolute Gasteiger partial charge is 0.298 e. The quantitative estimate of drug-likeness (QED) is 0.576. The molecule has 0 atom stereocenters. The van der Waals surface area contributed by atoms with Crippen LogP contribution in [0.5, 0.6) is 0 Å². The summed E-state index contributed by atoms with van der Waals surface area (Å²) in [5, 5.41) is 1.10. The van der Waals surface area contributed by atoms with Gasteiger partial charge in [-0.15, -0.1) is 0 Å². The summed E-state index contributed by atoms with van der Waals surface area (Å²) >= 11 is 0. The van der Waals surface area contributed by atoms with Crippen molar-refractivity contribution >= 4 is 23.3 Å². The molecular weight excluding hydrogens is 198 g/mol. The van der Waals surface area contributed by atoms with Crippen molar-refractivity contribution < 1.29 is 4.79 Å². The highest BCUT2D eigenvalue weighted by atomic mass is 16.1. The predicted molar refractivity (Wildman–Crippen MR) is 66.1 cm³/mol. The van der Waals surface area contributed by atoms with Crippen molar-refractivity contribution in [2.24, 2.45) is 0 Å². The maximum Gasteiger partial charge on any atom is 0.146 e. The van der Waals surface area contributed by atoms with Crippen molar-refractivity contribution in [1.29, 1.82) is 0 Å². The monoisotopic (exact) mass is 211 g/mol. The number of allylic oxidation sites excluding steroid dienone is 1. The number of nitrogens with zero attached hydrogens (tertiary/aromatic N) is 1. The molecule has 0 aliphatic heterocycles. The molecule has 2 aromatic rings. The van der Waals surface area contributed by atoms with Crippen LogP contribution in [-0.2, 0) is 4.79 Å². The molecule has 0 bridgehead atoms. The predicted octanol–water partition coefficient (Wildman–Crippen LogP) is 3.23. The molecule has 0 aliphatic rings. The third kappa shape index (κ3) is 2.01. The number of aromatic nitrogens is 1. The van der Waals surface area contributed by atoms with Crippen molar-refractivity contribution in [3.05, 3.63) is 47.7 Å². The zero-order chi connectivity index (χ0) is 11.4. The van der Waals surface area contributed by atoms with Gasteiger partial charge in [0.05, 0.1) is 5.52 Å². The maximum absolute atomic E-state index is 10.8. The van der Waals surface area contributed by atoms with E-state index in [-0.39, 0.29) is 0 Å². The minimum absolute atomic E-state index is 0.743. The Morgan fingerprint density at radius 1 is 1.31 bits per heavy atom. The van der Waals surface area contributed by atoms with Crippen LogP contribution in [0, 0.1) is 0 Å². The van der Waals surface area contributed by atoms with Crippen molar-refractivity contribution in [2.45, 2.75) is 13.3 Å². The third-order valence-corrected chi connectivity index (χ3v) is 2.56. The molecular formula is C14H13NO. The molecule has 2 heteroatoms. The smallest absolute Gasteiger partial charge is 0.146 e. The molecule has 0 radical (unpaired) electrons. The van der Waals surface area contributed by atoms with E-state index in [2.05, 4.69) is 4.98 Å². The first-order valence-electron chi connectivity index (χ1n) is 5.34. The second-order valence-electron chi connectivity index (χ2n) is 3.61. The van der Waals surface area contributed by atoms with E-state index in [9.17, 15) is 4.79 Å². The van der Waals surface area contributed by atoms with Gasteiger partial charge in [0.1, 0.15) is 6.29 Å². The molecule has 1 aromatic carbocycles. The van der Waals surface area contributed by atoms with Gasteiger partial charge in [-0.2, -0.15) is 0 Å². The Morgan fingerprint density at radius 3 is 2.88 bits per heavy atom. The van der Waals surface area contributed by atoms with Crippen molar-refractivity contribution in [3.63, 3.8) is 0 Å². The Morgan fingerprint density at radius 2 is 2.12 bits per heavy atom. The average molecular weight is 211 g/mol. The van der Waals surface area contributed by atoms with Crippen molar-refractivity contribution in [2.75, 3.05) is 0 Å². The minimum atomic E-state index is 0.743. The molecule has 0 saturated carbocycles. The Bertz CT molecular complexity index is 538. The summed E-state index contributed by atoms with van der Waals surface area (Å²) in [5.41, 5.74) is 2.73. The molecule has 1 heterocycles. The molecule has 2 rings (SSSR count). The summed E-state index contributed by atoms with van der Waals surface area (Å²) < 4.78 is 0. The van der Waals surface area contributed by atoms with E-state index in [0.717, 1.165) is 34.7 Å². The van der Waals surface area contributed by atoms with Crippen LogP contribution in [0.3, 0.4) is 0 Å². The van der Waals surface area contributed by atoms with E-state index >= 15 is 0 Å². The lowest BCUT2D eigenvalue weighted by atomic mass is 10.1. The normalized spacial score (nSPS) is 11.7. The van der Waals surface area contributed by atoms with Crippen LogP contribution >= 0.6 is 0 Å². The van der Waals surface area contributed by atoms with E-state index in [1.165, 1.54) is 0 Å². The van der Waals surface area contributed by atoms with Crippen molar-refractivity contribution in [3.8, 4) is 0 Å². The summed E-state index contributed by atoms with van der Waals surface area (Å²) in [6, 6.07) is 9.91. The first-order chi connectivity index (χ1) is 7.85. The molecule has 16 heavy (non-hydrogen) atoms. The lowest BCUT2D eigenvalue weighted by Crippen LogP contribution is -1.86. The fourth-order valence-electron chi connectivity index (χ4n) is 1.66. The van der Waals surface area contributed by atoms with Crippen LogP contribution < -0.4 is 0 Å². The lowest BCUT2D eigenvalue weighted by Gasteiger charge is -2.01. The van der Waals surface area contributed by atoms with Gasteiger partial charge in [-0.25, -0.2) is 0 Å². The lowest BCUT2D eigenvalue weighted by molar-refractivity contribution is -0.104. The van der Waals surface area contributed by atoms with Crippen LogP contribution in [-0.4, -0.2) is 11.3 Å². The van der Waals surface area contributed by atoms with E-state index in [0.29, 0.717) is 0 Å². The number of carbonyl (C=O) groups is 1. The highest BCUT2D eigenvalue weighted by molar-refractivity contribution is 5.91. The van der Waals surface area contributed by atoms with Gasteiger partial charge in [-0.3, -0.25) is 9.78 Å². The summed E-state index contributed by atoms with van der Waals surface area (Å²) in [4.78, 5) is 15.1. The number of aldehydes is 1. The minimum Gasteiger partial charge on any atom is -0.298 e.